The molecule has 4 heteroatoms. The molecule has 1 aromatic rings. The summed E-state index contributed by atoms with van der Waals surface area (Å²) in [6.07, 6.45) is 6.46. The number of likely N-dealkylation sites (tertiary alicyclic amines) is 1. The second kappa shape index (κ2) is 6.37. The lowest BCUT2D eigenvalue weighted by Crippen LogP contribution is -2.45. The van der Waals surface area contributed by atoms with Gasteiger partial charge < -0.3 is 4.74 Å². The predicted molar refractivity (Wildman–Crippen MR) is 84.3 cm³/mol. The van der Waals surface area contributed by atoms with Crippen molar-refractivity contribution in [2.45, 2.75) is 38.1 Å². The van der Waals surface area contributed by atoms with E-state index in [0.717, 1.165) is 12.5 Å². The van der Waals surface area contributed by atoms with Gasteiger partial charge in [0.1, 0.15) is 5.75 Å². The number of rotatable bonds is 4. The molecule has 1 saturated carbocycles. The molecule has 1 aliphatic carbocycles. The Bertz CT molecular complexity index is 532. The van der Waals surface area contributed by atoms with E-state index < -0.39 is 0 Å². The number of ether oxygens (including phenoxy) is 1. The van der Waals surface area contributed by atoms with Gasteiger partial charge in [0.15, 0.2) is 5.78 Å². The molecular weight excluding hydrogens is 286 g/mol. The number of piperidine rings is 1. The first-order valence-electron chi connectivity index (χ1n) is 7.80. The number of carbonyl (C=O) groups is 1. The number of hydrogen-bond donors (Lipinski definition) is 0. The molecule has 2 unspecified atom stereocenters. The Labute approximate surface area is 131 Å². The summed E-state index contributed by atoms with van der Waals surface area (Å²) in [5.41, 5.74) is 0.681. The number of methoxy groups -OCH3 is 1. The third kappa shape index (κ3) is 3.09. The van der Waals surface area contributed by atoms with Crippen LogP contribution in [-0.4, -0.2) is 36.9 Å². The van der Waals surface area contributed by atoms with Gasteiger partial charge in [-0.1, -0.05) is 18.0 Å². The van der Waals surface area contributed by atoms with E-state index in [1.165, 1.54) is 32.1 Å². The van der Waals surface area contributed by atoms with E-state index in [1.54, 1.807) is 19.2 Å². The van der Waals surface area contributed by atoms with Gasteiger partial charge in [-0.3, -0.25) is 9.69 Å². The molecule has 21 heavy (non-hydrogen) atoms. The fraction of sp³-hybridized carbons (Fsp3) is 0.588. The average Bonchev–Trinajstić information content (AvgIpc) is 2.96. The van der Waals surface area contributed by atoms with Gasteiger partial charge in [0.2, 0.25) is 0 Å². The molecule has 2 aliphatic rings. The van der Waals surface area contributed by atoms with Crippen LogP contribution < -0.4 is 4.74 Å². The van der Waals surface area contributed by atoms with Crippen LogP contribution in [0.3, 0.4) is 0 Å². The van der Waals surface area contributed by atoms with Crippen LogP contribution in [-0.2, 0) is 0 Å². The Morgan fingerprint density at radius 3 is 2.90 bits per heavy atom. The highest BCUT2D eigenvalue weighted by molar-refractivity contribution is 6.32. The molecule has 1 saturated heterocycles. The summed E-state index contributed by atoms with van der Waals surface area (Å²) in [6.45, 7) is 1.57. The fourth-order valence-corrected chi connectivity index (χ4v) is 4.13. The molecule has 3 nitrogen and oxygen atoms in total. The van der Waals surface area contributed by atoms with E-state index in [2.05, 4.69) is 4.90 Å². The maximum atomic E-state index is 12.5. The molecular formula is C17H22ClNO2. The quantitative estimate of drug-likeness (QED) is 0.793. The van der Waals surface area contributed by atoms with E-state index in [9.17, 15) is 4.79 Å². The molecule has 0 aromatic heterocycles. The zero-order valence-electron chi connectivity index (χ0n) is 12.5. The van der Waals surface area contributed by atoms with Crippen LogP contribution in [0.15, 0.2) is 18.2 Å². The number of ketones is 1. The first-order chi connectivity index (χ1) is 10.2. The number of benzene rings is 1. The maximum Gasteiger partial charge on any atom is 0.176 e. The second-order valence-electron chi connectivity index (χ2n) is 6.14. The SMILES string of the molecule is COc1ccc(C(=O)CN2CCCC3CCCC32)cc1Cl. The lowest BCUT2D eigenvalue weighted by Gasteiger charge is -2.37. The van der Waals surface area contributed by atoms with Crippen LogP contribution in [0.1, 0.15) is 42.5 Å². The number of Topliss-reactive ketones (excluding diaryl/α,β-unsaturated/α-hetero) is 1. The van der Waals surface area contributed by atoms with Gasteiger partial charge >= 0.3 is 0 Å². The van der Waals surface area contributed by atoms with Gasteiger partial charge in [-0.15, -0.1) is 0 Å². The summed E-state index contributed by atoms with van der Waals surface area (Å²) >= 11 is 6.11. The monoisotopic (exact) mass is 307 g/mol. The van der Waals surface area contributed by atoms with E-state index in [-0.39, 0.29) is 5.78 Å². The molecule has 0 amide bonds. The highest BCUT2D eigenvalue weighted by Gasteiger charge is 2.35. The average molecular weight is 308 g/mol. The van der Waals surface area contributed by atoms with Crippen molar-refractivity contribution in [3.05, 3.63) is 28.8 Å². The van der Waals surface area contributed by atoms with Crippen molar-refractivity contribution in [1.82, 2.24) is 4.90 Å². The molecule has 114 valence electrons. The molecule has 0 radical (unpaired) electrons. The van der Waals surface area contributed by atoms with E-state index in [0.29, 0.717) is 28.9 Å². The topological polar surface area (TPSA) is 29.5 Å². The first-order valence-corrected chi connectivity index (χ1v) is 8.17. The molecule has 0 N–H and O–H groups in total. The molecule has 1 aliphatic heterocycles. The summed E-state index contributed by atoms with van der Waals surface area (Å²) in [7, 11) is 1.58. The van der Waals surface area contributed by atoms with Crippen molar-refractivity contribution in [1.29, 1.82) is 0 Å². The number of hydrogen-bond acceptors (Lipinski definition) is 3. The van der Waals surface area contributed by atoms with Crippen LogP contribution in [0, 0.1) is 5.92 Å². The zero-order valence-corrected chi connectivity index (χ0v) is 13.2. The fourth-order valence-electron chi connectivity index (χ4n) is 3.87. The van der Waals surface area contributed by atoms with Crippen molar-refractivity contribution < 1.29 is 9.53 Å². The molecule has 1 aromatic carbocycles. The van der Waals surface area contributed by atoms with Gasteiger partial charge in [-0.2, -0.15) is 0 Å². The molecule has 2 fully saturated rings. The Morgan fingerprint density at radius 1 is 1.33 bits per heavy atom. The zero-order chi connectivity index (χ0) is 14.8. The Balaban J connectivity index is 1.69. The number of halogens is 1. The number of carbonyl (C=O) groups excluding carboxylic acids is 1. The van der Waals surface area contributed by atoms with E-state index in [4.69, 9.17) is 16.3 Å². The van der Waals surface area contributed by atoms with Crippen molar-refractivity contribution in [2.75, 3.05) is 20.2 Å². The molecule has 0 bridgehead atoms. The third-order valence-electron chi connectivity index (χ3n) is 4.93. The van der Waals surface area contributed by atoms with Crippen molar-refractivity contribution >= 4 is 17.4 Å². The summed E-state index contributed by atoms with van der Waals surface area (Å²) in [6, 6.07) is 5.92. The van der Waals surface area contributed by atoms with Crippen LogP contribution in [0.4, 0.5) is 0 Å². The van der Waals surface area contributed by atoms with Gasteiger partial charge in [-0.05, 0) is 56.3 Å². The molecule has 3 rings (SSSR count). The maximum absolute atomic E-state index is 12.5. The minimum atomic E-state index is 0.159. The molecule has 2 atom stereocenters. The van der Waals surface area contributed by atoms with Gasteiger partial charge in [0, 0.05) is 11.6 Å². The summed E-state index contributed by atoms with van der Waals surface area (Å²) < 4.78 is 5.13. The molecule has 1 heterocycles. The highest BCUT2D eigenvalue weighted by Crippen LogP contribution is 2.36. The van der Waals surface area contributed by atoms with Crippen molar-refractivity contribution in [3.63, 3.8) is 0 Å². The van der Waals surface area contributed by atoms with Crippen LogP contribution >= 0.6 is 11.6 Å². The standard InChI is InChI=1S/C17H22ClNO2/c1-21-17-8-7-13(10-14(17)18)16(20)11-19-9-3-5-12-4-2-6-15(12)19/h7-8,10,12,15H,2-6,9,11H2,1H3. The van der Waals surface area contributed by atoms with Crippen molar-refractivity contribution in [2.24, 2.45) is 5.92 Å². The Morgan fingerprint density at radius 2 is 2.14 bits per heavy atom. The molecule has 0 spiro atoms. The Kier molecular flexibility index (Phi) is 4.51. The number of fused-ring (bicyclic) bond motifs is 1. The van der Waals surface area contributed by atoms with Gasteiger partial charge in [0.05, 0.1) is 18.7 Å². The first kappa shape index (κ1) is 14.9. The second-order valence-corrected chi connectivity index (χ2v) is 6.55. The lowest BCUT2D eigenvalue weighted by atomic mass is 9.91. The summed E-state index contributed by atoms with van der Waals surface area (Å²) in [5, 5.41) is 0.501. The smallest absolute Gasteiger partial charge is 0.176 e. The van der Waals surface area contributed by atoms with Gasteiger partial charge in [0.25, 0.3) is 0 Å². The van der Waals surface area contributed by atoms with E-state index in [1.807, 2.05) is 6.07 Å². The van der Waals surface area contributed by atoms with Crippen LogP contribution in [0.25, 0.3) is 0 Å². The van der Waals surface area contributed by atoms with Gasteiger partial charge in [-0.25, -0.2) is 0 Å². The summed E-state index contributed by atoms with van der Waals surface area (Å²) in [5.74, 6) is 1.58. The highest BCUT2D eigenvalue weighted by atomic mass is 35.5. The van der Waals surface area contributed by atoms with Crippen LogP contribution in [0.2, 0.25) is 5.02 Å². The predicted octanol–water partition coefficient (Wildman–Crippen LogP) is 3.80. The number of nitrogens with zero attached hydrogens (tertiary/aromatic N) is 1. The van der Waals surface area contributed by atoms with Crippen molar-refractivity contribution in [3.8, 4) is 5.75 Å². The normalized spacial score (nSPS) is 25.6. The minimum Gasteiger partial charge on any atom is -0.495 e. The lowest BCUT2D eigenvalue weighted by molar-refractivity contribution is 0.0777. The third-order valence-corrected chi connectivity index (χ3v) is 5.22. The van der Waals surface area contributed by atoms with Crippen LogP contribution in [0.5, 0.6) is 5.75 Å². The summed E-state index contributed by atoms with van der Waals surface area (Å²) in [4.78, 5) is 14.9. The largest absolute Gasteiger partial charge is 0.495 e. The minimum absolute atomic E-state index is 0.159. The Hall–Kier alpha value is -1.06. The van der Waals surface area contributed by atoms with E-state index >= 15 is 0 Å².